The molecule has 1 aliphatic carbocycles. The van der Waals surface area contributed by atoms with Crippen LogP contribution in [0.4, 0.5) is 5.69 Å². The van der Waals surface area contributed by atoms with E-state index in [1.165, 1.54) is 12.0 Å². The molecule has 8 nitrogen and oxygen atoms in total. The molecule has 0 unspecified atom stereocenters. The summed E-state index contributed by atoms with van der Waals surface area (Å²) >= 11 is 5.89. The van der Waals surface area contributed by atoms with Crippen molar-refractivity contribution in [3.8, 4) is 0 Å². The molecule has 0 bridgehead atoms. The van der Waals surface area contributed by atoms with Gasteiger partial charge in [0, 0.05) is 35.2 Å². The number of rotatable bonds is 5. The smallest absolute Gasteiger partial charge is 0.339 e. The Bertz CT molecular complexity index is 1330. The van der Waals surface area contributed by atoms with Crippen LogP contribution in [0, 0.1) is 6.92 Å². The second-order valence-electron chi connectivity index (χ2n) is 8.09. The number of furan rings is 1. The van der Waals surface area contributed by atoms with E-state index in [2.05, 4.69) is 10.5 Å². The number of benzene rings is 2. The maximum absolute atomic E-state index is 13.4. The van der Waals surface area contributed by atoms with Crippen LogP contribution in [-0.4, -0.2) is 37.7 Å². The van der Waals surface area contributed by atoms with E-state index in [1.807, 2.05) is 0 Å². The minimum Gasteiger partial charge on any atom is -0.465 e. The summed E-state index contributed by atoms with van der Waals surface area (Å²) in [4.78, 5) is 39.4. The summed E-state index contributed by atoms with van der Waals surface area (Å²) in [5.74, 6) is -0.501. The van der Waals surface area contributed by atoms with Gasteiger partial charge in [-0.1, -0.05) is 23.7 Å². The number of halogens is 1. The molecule has 0 saturated heterocycles. The maximum Gasteiger partial charge on any atom is 0.339 e. The summed E-state index contributed by atoms with van der Waals surface area (Å²) in [6.07, 6.45) is 2.04. The molecule has 2 amide bonds. The Balaban J connectivity index is 1.62. The zero-order valence-corrected chi connectivity index (χ0v) is 20.3. The van der Waals surface area contributed by atoms with E-state index in [1.54, 1.807) is 62.5 Å². The summed E-state index contributed by atoms with van der Waals surface area (Å²) in [5, 5.41) is 4.88. The van der Waals surface area contributed by atoms with E-state index in [0.717, 1.165) is 12.0 Å². The van der Waals surface area contributed by atoms with Crippen LogP contribution in [-0.2, 0) is 11.2 Å². The van der Waals surface area contributed by atoms with Crippen molar-refractivity contribution in [1.29, 1.82) is 0 Å². The Morgan fingerprint density at radius 1 is 1.09 bits per heavy atom. The number of para-hydroxylation sites is 1. The van der Waals surface area contributed by atoms with E-state index < -0.39 is 11.9 Å². The Labute approximate surface area is 207 Å². The van der Waals surface area contributed by atoms with Crippen LogP contribution in [0.2, 0.25) is 5.02 Å². The van der Waals surface area contributed by atoms with Crippen LogP contribution >= 0.6 is 11.6 Å². The van der Waals surface area contributed by atoms with Gasteiger partial charge in [0.15, 0.2) is 5.76 Å². The van der Waals surface area contributed by atoms with Crippen LogP contribution in [0.1, 0.15) is 61.0 Å². The van der Waals surface area contributed by atoms with Crippen molar-refractivity contribution >= 4 is 40.8 Å². The van der Waals surface area contributed by atoms with E-state index in [-0.39, 0.29) is 17.2 Å². The van der Waals surface area contributed by atoms with Gasteiger partial charge < -0.3 is 14.1 Å². The lowest BCUT2D eigenvalue weighted by atomic mass is 9.93. The van der Waals surface area contributed by atoms with Gasteiger partial charge >= 0.3 is 5.97 Å². The predicted molar refractivity (Wildman–Crippen MR) is 132 cm³/mol. The molecule has 0 radical (unpaired) electrons. The molecule has 2 aromatic carbocycles. The molecule has 9 heteroatoms. The molecule has 3 aromatic rings. The second kappa shape index (κ2) is 10.1. The van der Waals surface area contributed by atoms with E-state index in [4.69, 9.17) is 20.8 Å². The Morgan fingerprint density at radius 3 is 2.51 bits per heavy atom. The number of anilines is 1. The molecule has 35 heavy (non-hydrogen) atoms. The molecule has 180 valence electrons. The number of hydrogen-bond donors (Lipinski definition) is 1. The van der Waals surface area contributed by atoms with Crippen molar-refractivity contribution in [3.05, 3.63) is 87.3 Å². The first kappa shape index (κ1) is 24.2. The van der Waals surface area contributed by atoms with E-state index in [9.17, 15) is 14.4 Å². The molecule has 1 aliphatic rings. The zero-order valence-electron chi connectivity index (χ0n) is 19.6. The molecule has 0 atom stereocenters. The second-order valence-corrected chi connectivity index (χ2v) is 8.52. The molecule has 1 aromatic heterocycles. The number of aryl methyl sites for hydroxylation is 1. The number of fused-ring (bicyclic) bond motifs is 1. The van der Waals surface area contributed by atoms with Crippen molar-refractivity contribution < 1.29 is 23.5 Å². The van der Waals surface area contributed by atoms with Crippen LogP contribution in [0.25, 0.3) is 0 Å². The highest BCUT2D eigenvalue weighted by atomic mass is 35.5. The van der Waals surface area contributed by atoms with Gasteiger partial charge in [-0.15, -0.1) is 0 Å². The molecule has 0 saturated carbocycles. The van der Waals surface area contributed by atoms with Gasteiger partial charge in [0.05, 0.1) is 24.1 Å². The third kappa shape index (κ3) is 4.83. The van der Waals surface area contributed by atoms with Gasteiger partial charge in [-0.2, -0.15) is 5.10 Å². The Morgan fingerprint density at radius 2 is 1.80 bits per heavy atom. The molecule has 0 spiro atoms. The zero-order chi connectivity index (χ0) is 25.1. The predicted octanol–water partition coefficient (Wildman–Crippen LogP) is 4.78. The largest absolute Gasteiger partial charge is 0.465 e. The first-order valence-corrected chi connectivity index (χ1v) is 11.4. The number of hydrazone groups is 1. The van der Waals surface area contributed by atoms with Crippen molar-refractivity contribution in [3.63, 3.8) is 0 Å². The average molecular weight is 494 g/mol. The van der Waals surface area contributed by atoms with Crippen LogP contribution in [0.15, 0.2) is 58.0 Å². The number of amides is 2. The van der Waals surface area contributed by atoms with E-state index in [0.29, 0.717) is 46.2 Å². The minimum atomic E-state index is -0.540. The summed E-state index contributed by atoms with van der Waals surface area (Å²) in [6, 6.07) is 13.2. The Kier molecular flexibility index (Phi) is 7.02. The first-order valence-electron chi connectivity index (χ1n) is 11.0. The van der Waals surface area contributed by atoms with Gasteiger partial charge in [-0.25, -0.2) is 10.2 Å². The summed E-state index contributed by atoms with van der Waals surface area (Å²) in [7, 11) is 2.87. The lowest BCUT2D eigenvalue weighted by Crippen LogP contribution is -2.28. The highest BCUT2D eigenvalue weighted by Gasteiger charge is 2.30. The summed E-state index contributed by atoms with van der Waals surface area (Å²) in [6.45, 7) is 1.79. The number of ether oxygens (including phenoxy) is 1. The maximum atomic E-state index is 13.4. The molecule has 1 N–H and O–H groups in total. The first-order chi connectivity index (χ1) is 16.8. The van der Waals surface area contributed by atoms with Crippen molar-refractivity contribution in [1.82, 2.24) is 5.43 Å². The van der Waals surface area contributed by atoms with Gasteiger partial charge in [-0.05, 0) is 56.2 Å². The lowest BCUT2D eigenvalue weighted by molar-refractivity contribution is 0.0601. The average Bonchev–Trinajstić information content (AvgIpc) is 3.23. The SMILES string of the molecule is COC(=O)c1ccccc1N(C)C(=O)c1oc2c(c1C)/C(=N/NC(=O)c1ccc(Cl)cc1)CCC2. The number of esters is 1. The third-order valence-corrected chi connectivity index (χ3v) is 6.15. The number of carbonyl (C=O) groups excluding carboxylic acids is 3. The van der Waals surface area contributed by atoms with Crippen LogP contribution < -0.4 is 10.3 Å². The standard InChI is InChI=1S/C26H24ClN3O5/c1-15-22-19(28-29-24(31)16-11-13-17(27)14-12-16)8-6-10-21(22)35-23(15)25(32)30(2)20-9-5-4-7-18(20)26(33)34-3/h4-5,7,9,11-14H,6,8,10H2,1-3H3,(H,29,31)/b28-19+. The summed E-state index contributed by atoms with van der Waals surface area (Å²) in [5.41, 5.74) is 5.70. The quantitative estimate of drug-likeness (QED) is 0.407. The van der Waals surface area contributed by atoms with Gasteiger partial charge in [0.1, 0.15) is 5.76 Å². The lowest BCUT2D eigenvalue weighted by Gasteiger charge is -2.19. The fourth-order valence-electron chi connectivity index (χ4n) is 4.08. The van der Waals surface area contributed by atoms with Gasteiger partial charge in [-0.3, -0.25) is 9.59 Å². The van der Waals surface area contributed by atoms with Crippen LogP contribution in [0.3, 0.4) is 0 Å². The highest BCUT2D eigenvalue weighted by molar-refractivity contribution is 6.30. The minimum absolute atomic E-state index is 0.163. The topological polar surface area (TPSA) is 101 Å². The fraction of sp³-hybridized carbons (Fsp3) is 0.231. The number of nitrogens with zero attached hydrogens (tertiary/aromatic N) is 2. The summed E-state index contributed by atoms with van der Waals surface area (Å²) < 4.78 is 10.8. The Hall–Kier alpha value is -3.91. The monoisotopic (exact) mass is 493 g/mol. The molecular weight excluding hydrogens is 470 g/mol. The molecule has 4 rings (SSSR count). The molecular formula is C26H24ClN3O5. The van der Waals surface area contributed by atoms with E-state index >= 15 is 0 Å². The normalized spacial score (nSPS) is 13.8. The van der Waals surface area contributed by atoms with Crippen molar-refractivity contribution in [2.45, 2.75) is 26.2 Å². The number of nitrogens with one attached hydrogen (secondary N) is 1. The number of hydrogen-bond acceptors (Lipinski definition) is 6. The number of methoxy groups -OCH3 is 1. The highest BCUT2D eigenvalue weighted by Crippen LogP contribution is 2.32. The number of carbonyl (C=O) groups is 3. The van der Waals surface area contributed by atoms with Crippen molar-refractivity contribution in [2.24, 2.45) is 5.10 Å². The molecule has 1 heterocycles. The van der Waals surface area contributed by atoms with Gasteiger partial charge in [0.2, 0.25) is 0 Å². The fourth-order valence-corrected chi connectivity index (χ4v) is 4.20. The third-order valence-electron chi connectivity index (χ3n) is 5.89. The molecule has 0 fully saturated rings. The van der Waals surface area contributed by atoms with Crippen LogP contribution in [0.5, 0.6) is 0 Å². The van der Waals surface area contributed by atoms with Crippen molar-refractivity contribution in [2.75, 3.05) is 19.1 Å². The molecule has 0 aliphatic heterocycles. The van der Waals surface area contributed by atoms with Gasteiger partial charge in [0.25, 0.3) is 11.8 Å².